The highest BCUT2D eigenvalue weighted by Crippen LogP contribution is 2.29. The number of hydrogen-bond acceptors (Lipinski definition) is 2. The smallest absolute Gasteiger partial charge is 0.253 e. The Labute approximate surface area is 150 Å². The van der Waals surface area contributed by atoms with Gasteiger partial charge in [-0.05, 0) is 41.8 Å². The molecular weight excluding hydrogens is 368 g/mol. The Bertz CT molecular complexity index is 804. The Balaban J connectivity index is 1.78. The maximum absolute atomic E-state index is 12.7. The maximum atomic E-state index is 12.7. The van der Waals surface area contributed by atoms with Gasteiger partial charge in [-0.25, -0.2) is 0 Å². The van der Waals surface area contributed by atoms with Gasteiger partial charge in [-0.3, -0.25) is 9.59 Å². The molecule has 0 spiro atoms. The average Bonchev–Trinajstić information content (AvgIpc) is 2.99. The molecule has 2 aromatic carbocycles. The number of rotatable bonds is 3. The van der Waals surface area contributed by atoms with Gasteiger partial charge in [0.1, 0.15) is 0 Å². The summed E-state index contributed by atoms with van der Waals surface area (Å²) in [6.45, 7) is 2.80. The molecule has 0 N–H and O–H groups in total. The molecule has 1 aliphatic heterocycles. The molecule has 124 valence electrons. The predicted molar refractivity (Wildman–Crippen MR) is 98.1 cm³/mol. The fourth-order valence-corrected chi connectivity index (χ4v) is 3.45. The normalized spacial score (nSPS) is 12.9. The van der Waals surface area contributed by atoms with E-state index in [-0.39, 0.29) is 11.8 Å². The van der Waals surface area contributed by atoms with E-state index in [1.807, 2.05) is 36.4 Å². The van der Waals surface area contributed by atoms with Gasteiger partial charge in [-0.15, -0.1) is 0 Å². The van der Waals surface area contributed by atoms with E-state index in [1.54, 1.807) is 29.8 Å². The molecule has 0 fully saturated rings. The van der Waals surface area contributed by atoms with Gasteiger partial charge in [0.05, 0.1) is 0 Å². The lowest BCUT2D eigenvalue weighted by molar-refractivity contribution is -0.116. The first-order chi connectivity index (χ1) is 11.5. The molecular formula is C19H19BrN2O2. The van der Waals surface area contributed by atoms with Crippen LogP contribution >= 0.6 is 15.9 Å². The molecule has 0 unspecified atom stereocenters. The third kappa shape index (κ3) is 3.22. The highest BCUT2D eigenvalue weighted by molar-refractivity contribution is 9.10. The second-order valence-electron chi connectivity index (χ2n) is 6.02. The fourth-order valence-electron chi connectivity index (χ4n) is 3.04. The molecule has 0 bridgehead atoms. The predicted octanol–water partition coefficient (Wildman–Crippen LogP) is 3.63. The Morgan fingerprint density at radius 2 is 1.96 bits per heavy atom. The van der Waals surface area contributed by atoms with Gasteiger partial charge in [0.2, 0.25) is 5.91 Å². The van der Waals surface area contributed by atoms with Crippen LogP contribution in [-0.4, -0.2) is 30.3 Å². The summed E-state index contributed by atoms with van der Waals surface area (Å²) < 4.78 is 0.996. The van der Waals surface area contributed by atoms with Crippen molar-refractivity contribution < 1.29 is 9.59 Å². The third-order valence-electron chi connectivity index (χ3n) is 4.31. The van der Waals surface area contributed by atoms with Crippen molar-refractivity contribution in [3.05, 3.63) is 63.6 Å². The molecule has 1 heterocycles. The van der Waals surface area contributed by atoms with E-state index >= 15 is 0 Å². The van der Waals surface area contributed by atoms with E-state index in [2.05, 4.69) is 15.9 Å². The van der Waals surface area contributed by atoms with Crippen LogP contribution in [0.4, 0.5) is 5.69 Å². The van der Waals surface area contributed by atoms with Crippen molar-refractivity contribution >= 4 is 33.4 Å². The highest BCUT2D eigenvalue weighted by Gasteiger charge is 2.23. The summed E-state index contributed by atoms with van der Waals surface area (Å²) in [6.07, 6.45) is 0.796. The van der Waals surface area contributed by atoms with Crippen molar-refractivity contribution in [3.8, 4) is 0 Å². The van der Waals surface area contributed by atoms with E-state index in [0.717, 1.165) is 27.7 Å². The number of fused-ring (bicyclic) bond motifs is 1. The molecule has 0 saturated carbocycles. The van der Waals surface area contributed by atoms with Crippen LogP contribution < -0.4 is 4.90 Å². The van der Waals surface area contributed by atoms with Crippen LogP contribution in [0.2, 0.25) is 0 Å². The molecule has 0 aromatic heterocycles. The van der Waals surface area contributed by atoms with E-state index in [4.69, 9.17) is 0 Å². The molecule has 0 aliphatic carbocycles. The third-order valence-corrected chi connectivity index (χ3v) is 5.09. The van der Waals surface area contributed by atoms with Gasteiger partial charge < -0.3 is 9.80 Å². The largest absolute Gasteiger partial charge is 0.337 e. The first-order valence-corrected chi connectivity index (χ1v) is 8.66. The number of carbonyl (C=O) groups excluding carboxylic acids is 2. The standard InChI is InChI=1S/C19H19BrN2O2/c1-13(23)22-10-9-14-11-15(7-8-18(14)22)19(24)21(2)12-16-5-3-4-6-17(16)20/h3-8,11H,9-10,12H2,1-2H3. The van der Waals surface area contributed by atoms with Crippen LogP contribution in [0.1, 0.15) is 28.4 Å². The monoisotopic (exact) mass is 386 g/mol. The van der Waals surface area contributed by atoms with Gasteiger partial charge in [0, 0.05) is 42.8 Å². The lowest BCUT2D eigenvalue weighted by atomic mass is 10.1. The van der Waals surface area contributed by atoms with Crippen molar-refractivity contribution in [2.75, 3.05) is 18.5 Å². The zero-order valence-corrected chi connectivity index (χ0v) is 15.3. The van der Waals surface area contributed by atoms with E-state index in [9.17, 15) is 9.59 Å². The van der Waals surface area contributed by atoms with Crippen molar-refractivity contribution in [1.82, 2.24) is 4.90 Å². The Hall–Kier alpha value is -2.14. The van der Waals surface area contributed by atoms with E-state index < -0.39 is 0 Å². The van der Waals surface area contributed by atoms with Gasteiger partial charge in [0.25, 0.3) is 5.91 Å². The number of benzene rings is 2. The minimum Gasteiger partial charge on any atom is -0.337 e. The lowest BCUT2D eigenvalue weighted by Gasteiger charge is -2.19. The van der Waals surface area contributed by atoms with Crippen LogP contribution in [0.15, 0.2) is 46.9 Å². The Morgan fingerprint density at radius 1 is 1.21 bits per heavy atom. The van der Waals surface area contributed by atoms with Crippen LogP contribution in [0, 0.1) is 0 Å². The van der Waals surface area contributed by atoms with Gasteiger partial charge >= 0.3 is 0 Å². The first-order valence-electron chi connectivity index (χ1n) is 7.87. The second-order valence-corrected chi connectivity index (χ2v) is 6.87. The van der Waals surface area contributed by atoms with Crippen LogP contribution in [0.25, 0.3) is 0 Å². The SMILES string of the molecule is CC(=O)N1CCc2cc(C(=O)N(C)Cc3ccccc3Br)ccc21. The van der Waals surface area contributed by atoms with Crippen molar-refractivity contribution in [3.63, 3.8) is 0 Å². The summed E-state index contributed by atoms with van der Waals surface area (Å²) in [5.74, 6) is 0.0219. The summed E-state index contributed by atoms with van der Waals surface area (Å²) >= 11 is 3.52. The van der Waals surface area contributed by atoms with E-state index in [1.165, 1.54) is 0 Å². The average molecular weight is 387 g/mol. The number of carbonyl (C=O) groups is 2. The quantitative estimate of drug-likeness (QED) is 0.807. The molecule has 2 aromatic rings. The van der Waals surface area contributed by atoms with Crippen LogP contribution in [-0.2, 0) is 17.8 Å². The minimum absolute atomic E-state index is 0.0187. The zero-order chi connectivity index (χ0) is 17.3. The molecule has 5 heteroatoms. The number of hydrogen-bond donors (Lipinski definition) is 0. The Morgan fingerprint density at radius 3 is 2.67 bits per heavy atom. The minimum atomic E-state index is -0.0187. The fraction of sp³-hybridized carbons (Fsp3) is 0.263. The maximum Gasteiger partial charge on any atom is 0.253 e. The number of amides is 2. The summed E-state index contributed by atoms with van der Waals surface area (Å²) in [7, 11) is 1.80. The molecule has 3 rings (SSSR count). The zero-order valence-electron chi connectivity index (χ0n) is 13.8. The summed E-state index contributed by atoms with van der Waals surface area (Å²) in [5, 5.41) is 0. The Kier molecular flexibility index (Phi) is 4.71. The first kappa shape index (κ1) is 16.7. The summed E-state index contributed by atoms with van der Waals surface area (Å²) in [5.41, 5.74) is 3.71. The van der Waals surface area contributed by atoms with Crippen LogP contribution in [0.5, 0.6) is 0 Å². The molecule has 0 saturated heterocycles. The number of halogens is 1. The molecule has 2 amide bonds. The van der Waals surface area contributed by atoms with Crippen LogP contribution in [0.3, 0.4) is 0 Å². The number of anilines is 1. The van der Waals surface area contributed by atoms with Crippen molar-refractivity contribution in [2.24, 2.45) is 0 Å². The molecule has 1 aliphatic rings. The van der Waals surface area contributed by atoms with Gasteiger partial charge in [-0.1, -0.05) is 34.1 Å². The van der Waals surface area contributed by atoms with Gasteiger partial charge in [0.15, 0.2) is 0 Å². The molecule has 24 heavy (non-hydrogen) atoms. The summed E-state index contributed by atoms with van der Waals surface area (Å²) in [6, 6.07) is 13.5. The second kappa shape index (κ2) is 6.77. The van der Waals surface area contributed by atoms with Crippen molar-refractivity contribution in [2.45, 2.75) is 19.9 Å². The lowest BCUT2D eigenvalue weighted by Crippen LogP contribution is -2.27. The van der Waals surface area contributed by atoms with Gasteiger partial charge in [-0.2, -0.15) is 0 Å². The number of nitrogens with zero attached hydrogens (tertiary/aromatic N) is 2. The molecule has 0 atom stereocenters. The van der Waals surface area contributed by atoms with Crippen molar-refractivity contribution in [1.29, 1.82) is 0 Å². The molecule has 0 radical (unpaired) electrons. The highest BCUT2D eigenvalue weighted by atomic mass is 79.9. The van der Waals surface area contributed by atoms with E-state index in [0.29, 0.717) is 18.7 Å². The topological polar surface area (TPSA) is 40.6 Å². The molecule has 4 nitrogen and oxygen atoms in total. The summed E-state index contributed by atoms with van der Waals surface area (Å²) in [4.78, 5) is 27.8.